The first-order valence-corrected chi connectivity index (χ1v) is 3.41. The summed E-state index contributed by atoms with van der Waals surface area (Å²) in [7, 11) is 0. The third-order valence-corrected chi connectivity index (χ3v) is 1.30. The van der Waals surface area contributed by atoms with Crippen LogP contribution in [0.4, 0.5) is 0 Å². The summed E-state index contributed by atoms with van der Waals surface area (Å²) >= 11 is 0. The van der Waals surface area contributed by atoms with Crippen molar-refractivity contribution in [3.63, 3.8) is 0 Å². The monoisotopic (exact) mass is 150 g/mol. The summed E-state index contributed by atoms with van der Waals surface area (Å²) in [6.45, 7) is 5.10. The number of hydrogen-bond acceptors (Lipinski definition) is 2. The molecule has 1 aliphatic carbocycles. The van der Waals surface area contributed by atoms with Crippen LogP contribution in [-0.4, -0.2) is 12.1 Å². The fourth-order valence-electron chi connectivity index (χ4n) is 0.714. The molecule has 2 heteroatoms. The number of carbonyl (C=O) groups excluding carboxylic acids is 1. The maximum absolute atomic E-state index is 10.9. The van der Waals surface area contributed by atoms with Gasteiger partial charge in [0.1, 0.15) is 6.10 Å². The lowest BCUT2D eigenvalue weighted by molar-refractivity contribution is -0.140. The first-order chi connectivity index (χ1) is 5.20. The molecule has 0 fully saturated rings. The Morgan fingerprint density at radius 2 is 2.00 bits per heavy atom. The van der Waals surface area contributed by atoms with E-state index in [9.17, 15) is 4.79 Å². The summed E-state index contributed by atoms with van der Waals surface area (Å²) in [5, 5.41) is 0. The molecule has 0 aromatic heterocycles. The van der Waals surface area contributed by atoms with Crippen molar-refractivity contribution in [2.45, 2.75) is 13.0 Å². The molecule has 0 spiro atoms. The lowest BCUT2D eigenvalue weighted by Gasteiger charge is -2.06. The van der Waals surface area contributed by atoms with Gasteiger partial charge in [0.05, 0.1) is 0 Å². The second-order valence-electron chi connectivity index (χ2n) is 2.42. The lowest BCUT2D eigenvalue weighted by Crippen LogP contribution is -2.12. The van der Waals surface area contributed by atoms with Crippen LogP contribution in [0.15, 0.2) is 36.5 Å². The van der Waals surface area contributed by atoms with Crippen molar-refractivity contribution in [2.24, 2.45) is 0 Å². The fourth-order valence-corrected chi connectivity index (χ4v) is 0.714. The lowest BCUT2D eigenvalue weighted by atomic mass is 10.3. The minimum Gasteiger partial charge on any atom is -0.450 e. The maximum Gasteiger partial charge on any atom is 0.334 e. The minimum atomic E-state index is -0.341. The van der Waals surface area contributed by atoms with Crippen LogP contribution in [0.2, 0.25) is 0 Å². The molecule has 2 nitrogen and oxygen atoms in total. The van der Waals surface area contributed by atoms with Crippen LogP contribution in [0, 0.1) is 0 Å². The molecule has 1 rings (SSSR count). The van der Waals surface area contributed by atoms with Crippen molar-refractivity contribution < 1.29 is 9.53 Å². The standard InChI is InChI=1S/C9H10O2/c1-7(2)9(10)11-8-5-3-4-6-8/h3-6,8H,1H2,2H3. The van der Waals surface area contributed by atoms with Crippen molar-refractivity contribution in [3.05, 3.63) is 36.5 Å². The van der Waals surface area contributed by atoms with Crippen LogP contribution in [0.25, 0.3) is 0 Å². The first kappa shape index (κ1) is 7.79. The Balaban J connectivity index is 2.43. The molecule has 0 amide bonds. The zero-order valence-electron chi connectivity index (χ0n) is 6.41. The fraction of sp³-hybridized carbons (Fsp3) is 0.222. The molecule has 0 bridgehead atoms. The Bertz CT molecular complexity index is 224. The van der Waals surface area contributed by atoms with E-state index in [1.54, 1.807) is 19.1 Å². The summed E-state index contributed by atoms with van der Waals surface area (Å²) < 4.78 is 4.96. The quantitative estimate of drug-likeness (QED) is 0.441. The van der Waals surface area contributed by atoms with Crippen molar-refractivity contribution >= 4 is 5.97 Å². The highest BCUT2D eigenvalue weighted by atomic mass is 16.5. The van der Waals surface area contributed by atoms with Crippen LogP contribution in [0.3, 0.4) is 0 Å². The van der Waals surface area contributed by atoms with E-state index in [0.29, 0.717) is 5.57 Å². The molecule has 0 aromatic carbocycles. The molecule has 1 aliphatic rings. The number of allylic oxidation sites excluding steroid dienone is 2. The smallest absolute Gasteiger partial charge is 0.334 e. The van der Waals surface area contributed by atoms with Gasteiger partial charge in [-0.15, -0.1) is 0 Å². The van der Waals surface area contributed by atoms with Gasteiger partial charge in [-0.05, 0) is 19.1 Å². The number of carbonyl (C=O) groups is 1. The van der Waals surface area contributed by atoms with Gasteiger partial charge in [0.25, 0.3) is 0 Å². The van der Waals surface area contributed by atoms with E-state index in [4.69, 9.17) is 4.74 Å². The highest BCUT2D eigenvalue weighted by molar-refractivity contribution is 5.87. The Hall–Kier alpha value is -1.31. The molecular weight excluding hydrogens is 140 g/mol. The Kier molecular flexibility index (Phi) is 2.26. The average molecular weight is 150 g/mol. The number of rotatable bonds is 2. The molecule has 0 heterocycles. The highest BCUT2D eigenvalue weighted by Crippen LogP contribution is 2.06. The van der Waals surface area contributed by atoms with Gasteiger partial charge < -0.3 is 4.74 Å². The van der Waals surface area contributed by atoms with Gasteiger partial charge in [0.15, 0.2) is 0 Å². The minimum absolute atomic E-state index is 0.195. The summed E-state index contributed by atoms with van der Waals surface area (Å²) in [6, 6.07) is 0. The molecule has 0 unspecified atom stereocenters. The topological polar surface area (TPSA) is 26.3 Å². The SMILES string of the molecule is C=C(C)C(=O)OC1C=CC=C1. The molecule has 58 valence electrons. The van der Waals surface area contributed by atoms with E-state index in [1.807, 2.05) is 12.2 Å². The molecule has 11 heavy (non-hydrogen) atoms. The van der Waals surface area contributed by atoms with Crippen molar-refractivity contribution in [3.8, 4) is 0 Å². The largest absolute Gasteiger partial charge is 0.450 e. The molecule has 0 N–H and O–H groups in total. The van der Waals surface area contributed by atoms with Gasteiger partial charge in [-0.2, -0.15) is 0 Å². The van der Waals surface area contributed by atoms with Crippen molar-refractivity contribution in [1.29, 1.82) is 0 Å². The zero-order valence-corrected chi connectivity index (χ0v) is 6.41. The van der Waals surface area contributed by atoms with E-state index < -0.39 is 0 Å². The van der Waals surface area contributed by atoms with Crippen LogP contribution in [0.1, 0.15) is 6.92 Å². The van der Waals surface area contributed by atoms with Gasteiger partial charge in [0.2, 0.25) is 0 Å². The molecule has 0 saturated heterocycles. The summed E-state index contributed by atoms with van der Waals surface area (Å²) in [6.07, 6.45) is 7.10. The van der Waals surface area contributed by atoms with Gasteiger partial charge in [-0.3, -0.25) is 0 Å². The predicted molar refractivity (Wildman–Crippen MR) is 43.0 cm³/mol. The number of hydrogen-bond donors (Lipinski definition) is 0. The van der Waals surface area contributed by atoms with Gasteiger partial charge in [-0.25, -0.2) is 4.79 Å². The molecule has 0 aliphatic heterocycles. The predicted octanol–water partition coefficient (Wildman–Crippen LogP) is 1.60. The summed E-state index contributed by atoms with van der Waals surface area (Å²) in [5.74, 6) is -0.341. The van der Waals surface area contributed by atoms with Gasteiger partial charge in [-0.1, -0.05) is 18.7 Å². The third-order valence-electron chi connectivity index (χ3n) is 1.30. The summed E-state index contributed by atoms with van der Waals surface area (Å²) in [5.41, 5.74) is 0.429. The van der Waals surface area contributed by atoms with E-state index in [0.717, 1.165) is 0 Å². The van der Waals surface area contributed by atoms with E-state index in [-0.39, 0.29) is 12.1 Å². The van der Waals surface area contributed by atoms with Crippen LogP contribution in [0.5, 0.6) is 0 Å². The van der Waals surface area contributed by atoms with Crippen molar-refractivity contribution in [2.75, 3.05) is 0 Å². The van der Waals surface area contributed by atoms with Crippen LogP contribution in [-0.2, 0) is 9.53 Å². The molecule has 0 saturated carbocycles. The normalized spacial score (nSPS) is 15.4. The number of ether oxygens (including phenoxy) is 1. The van der Waals surface area contributed by atoms with Crippen LogP contribution < -0.4 is 0 Å². The molecule has 0 aromatic rings. The Labute approximate surface area is 65.9 Å². The zero-order chi connectivity index (χ0) is 8.27. The Morgan fingerprint density at radius 3 is 2.45 bits per heavy atom. The molecule has 0 atom stereocenters. The maximum atomic E-state index is 10.9. The Morgan fingerprint density at radius 1 is 1.45 bits per heavy atom. The first-order valence-electron chi connectivity index (χ1n) is 3.41. The molecular formula is C9H10O2. The second-order valence-corrected chi connectivity index (χ2v) is 2.42. The van der Waals surface area contributed by atoms with Gasteiger partial charge >= 0.3 is 5.97 Å². The second kappa shape index (κ2) is 3.19. The third kappa shape index (κ3) is 2.08. The van der Waals surface area contributed by atoms with Gasteiger partial charge in [0, 0.05) is 5.57 Å². The highest BCUT2D eigenvalue weighted by Gasteiger charge is 2.09. The van der Waals surface area contributed by atoms with E-state index in [2.05, 4.69) is 6.58 Å². The van der Waals surface area contributed by atoms with Crippen molar-refractivity contribution in [1.82, 2.24) is 0 Å². The number of esters is 1. The molecule has 0 radical (unpaired) electrons. The average Bonchev–Trinajstić information content (AvgIpc) is 2.39. The van der Waals surface area contributed by atoms with E-state index >= 15 is 0 Å². The summed E-state index contributed by atoms with van der Waals surface area (Å²) in [4.78, 5) is 10.9. The van der Waals surface area contributed by atoms with Crippen LogP contribution >= 0.6 is 0 Å². The van der Waals surface area contributed by atoms with E-state index in [1.165, 1.54) is 0 Å².